The highest BCUT2D eigenvalue weighted by Gasteiger charge is 2.18. The van der Waals surface area contributed by atoms with Gasteiger partial charge in [-0.1, -0.05) is 6.07 Å². The molecule has 0 aliphatic heterocycles. The van der Waals surface area contributed by atoms with Crippen LogP contribution in [0, 0.1) is 0 Å². The average molecular weight is 271 g/mol. The van der Waals surface area contributed by atoms with Crippen LogP contribution in [0.4, 0.5) is 5.69 Å². The maximum Gasteiger partial charge on any atom is 0.320 e. The van der Waals surface area contributed by atoms with Crippen LogP contribution >= 0.6 is 0 Å². The van der Waals surface area contributed by atoms with Crippen molar-refractivity contribution in [3.63, 3.8) is 0 Å². The summed E-state index contributed by atoms with van der Waals surface area (Å²) in [5.74, 6) is -0.713. The Hall–Kier alpha value is -1.56. The van der Waals surface area contributed by atoms with Gasteiger partial charge in [0.2, 0.25) is 0 Å². The molecule has 0 heterocycles. The molecule has 18 heavy (non-hydrogen) atoms. The largest absolute Gasteiger partial charge is 0.508 e. The minimum atomic E-state index is -1.58. The predicted octanol–water partition coefficient (Wildman–Crippen LogP) is 1.81. The van der Waals surface area contributed by atoms with Gasteiger partial charge >= 0.3 is 5.97 Å². The summed E-state index contributed by atoms with van der Waals surface area (Å²) in [7, 11) is -1.58. The lowest BCUT2D eigenvalue weighted by Gasteiger charge is -2.19. The lowest BCUT2D eigenvalue weighted by atomic mass is 10.2. The highest BCUT2D eigenvalue weighted by atomic mass is 32.2. The molecule has 1 aromatic carbocycles. The number of phenolic OH excluding ortho intramolecular Hbond substituents is 1. The Morgan fingerprint density at radius 3 is 2.67 bits per heavy atom. The second kappa shape index (κ2) is 5.86. The van der Waals surface area contributed by atoms with Crippen LogP contribution in [0.2, 0.25) is 0 Å². The normalized spacial score (nSPS) is 12.8. The van der Waals surface area contributed by atoms with Gasteiger partial charge in [-0.3, -0.25) is 4.79 Å². The maximum absolute atomic E-state index is 11.6. The van der Waals surface area contributed by atoms with Crippen molar-refractivity contribution in [1.29, 1.82) is 0 Å². The summed E-state index contributed by atoms with van der Waals surface area (Å²) in [4.78, 5) is 11.4. The van der Waals surface area contributed by atoms with Crippen LogP contribution < -0.4 is 4.72 Å². The summed E-state index contributed by atoms with van der Waals surface area (Å²) in [6.45, 7) is 5.24. The number of carbonyl (C=O) groups is 1. The number of hydrogen-bond acceptors (Lipinski definition) is 4. The van der Waals surface area contributed by atoms with Gasteiger partial charge in [-0.15, -0.1) is 0 Å². The predicted molar refractivity (Wildman–Crippen MR) is 70.6 cm³/mol. The molecule has 0 aliphatic carbocycles. The van der Waals surface area contributed by atoms with Crippen LogP contribution in [-0.4, -0.2) is 26.6 Å². The second-order valence-corrected chi connectivity index (χ2v) is 5.91. The van der Waals surface area contributed by atoms with E-state index < -0.39 is 22.6 Å². The molecule has 0 radical (unpaired) electrons. The molecule has 0 saturated heterocycles. The fraction of sp³-hybridized carbons (Fsp3) is 0.417. The molecular formula is C12H17NO4S. The van der Waals surface area contributed by atoms with Crippen LogP contribution in [0.5, 0.6) is 5.75 Å². The van der Waals surface area contributed by atoms with Crippen LogP contribution in [-0.2, 0) is 20.5 Å². The third kappa shape index (κ3) is 5.67. The van der Waals surface area contributed by atoms with E-state index in [1.165, 1.54) is 12.1 Å². The third-order valence-electron chi connectivity index (χ3n) is 1.75. The molecule has 0 fully saturated rings. The summed E-state index contributed by atoms with van der Waals surface area (Å²) >= 11 is 0. The topological polar surface area (TPSA) is 75.6 Å². The maximum atomic E-state index is 11.6. The lowest BCUT2D eigenvalue weighted by Crippen LogP contribution is -2.28. The van der Waals surface area contributed by atoms with Crippen molar-refractivity contribution < 1.29 is 18.8 Å². The van der Waals surface area contributed by atoms with Crippen molar-refractivity contribution in [2.24, 2.45) is 0 Å². The van der Waals surface area contributed by atoms with Crippen LogP contribution in [0.1, 0.15) is 20.8 Å². The monoisotopic (exact) mass is 271 g/mol. The molecule has 6 heteroatoms. The minimum Gasteiger partial charge on any atom is -0.508 e. The van der Waals surface area contributed by atoms with Gasteiger partial charge in [-0.2, -0.15) is 0 Å². The number of ether oxygens (including phenoxy) is 1. The Balaban J connectivity index is 2.50. The smallest absolute Gasteiger partial charge is 0.320 e. The number of aromatic hydroxyl groups is 1. The van der Waals surface area contributed by atoms with Gasteiger partial charge < -0.3 is 14.6 Å². The average Bonchev–Trinajstić information content (AvgIpc) is 2.13. The molecule has 0 saturated carbocycles. The summed E-state index contributed by atoms with van der Waals surface area (Å²) < 4.78 is 19.3. The molecule has 1 aromatic rings. The van der Waals surface area contributed by atoms with Crippen molar-refractivity contribution in [1.82, 2.24) is 0 Å². The number of rotatable bonds is 4. The molecule has 1 atom stereocenters. The number of carbonyl (C=O) groups excluding carboxylic acids is 1. The first-order chi connectivity index (χ1) is 8.26. The Morgan fingerprint density at radius 1 is 1.44 bits per heavy atom. The first-order valence-electron chi connectivity index (χ1n) is 5.42. The molecule has 0 amide bonds. The van der Waals surface area contributed by atoms with Gasteiger partial charge in [0, 0.05) is 11.8 Å². The van der Waals surface area contributed by atoms with Crippen molar-refractivity contribution >= 4 is 22.6 Å². The zero-order valence-corrected chi connectivity index (χ0v) is 11.4. The van der Waals surface area contributed by atoms with Crippen LogP contribution in [0.15, 0.2) is 24.3 Å². The Morgan fingerprint density at radius 2 is 2.11 bits per heavy atom. The van der Waals surface area contributed by atoms with E-state index in [9.17, 15) is 14.1 Å². The van der Waals surface area contributed by atoms with Gasteiger partial charge in [-0.25, -0.2) is 4.21 Å². The molecule has 0 aromatic heterocycles. The quantitative estimate of drug-likeness (QED) is 0.819. The zero-order chi connectivity index (χ0) is 13.8. The van der Waals surface area contributed by atoms with Crippen molar-refractivity contribution in [3.8, 4) is 5.75 Å². The summed E-state index contributed by atoms with van der Waals surface area (Å²) in [6.07, 6.45) is 0. The Kier molecular flexibility index (Phi) is 4.72. The van der Waals surface area contributed by atoms with E-state index in [-0.39, 0.29) is 11.5 Å². The van der Waals surface area contributed by atoms with Gasteiger partial charge in [0.25, 0.3) is 0 Å². The molecular weight excluding hydrogens is 254 g/mol. The SMILES string of the molecule is CC(C)(C)OC(=O)CS(=O)Nc1cccc(O)c1. The second-order valence-electron chi connectivity index (χ2n) is 4.73. The van der Waals surface area contributed by atoms with E-state index in [0.717, 1.165) is 0 Å². The first-order valence-corrected chi connectivity index (χ1v) is 6.74. The molecule has 1 unspecified atom stereocenters. The van der Waals surface area contributed by atoms with Gasteiger partial charge in [0.15, 0.2) is 0 Å². The molecule has 0 aliphatic rings. The highest BCUT2D eigenvalue weighted by molar-refractivity contribution is 7.87. The van der Waals surface area contributed by atoms with E-state index >= 15 is 0 Å². The van der Waals surface area contributed by atoms with Crippen molar-refractivity contribution in [2.75, 3.05) is 10.5 Å². The van der Waals surface area contributed by atoms with Crippen molar-refractivity contribution in [2.45, 2.75) is 26.4 Å². The van der Waals surface area contributed by atoms with E-state index in [4.69, 9.17) is 4.74 Å². The molecule has 5 nitrogen and oxygen atoms in total. The Labute approximate surface area is 109 Å². The standard InChI is InChI=1S/C12H17NO4S/c1-12(2,3)17-11(15)8-18(16)13-9-5-4-6-10(14)7-9/h4-7,13-14H,8H2,1-3H3. The summed E-state index contributed by atoms with van der Waals surface area (Å²) in [6, 6.07) is 6.18. The first kappa shape index (κ1) is 14.5. The van der Waals surface area contributed by atoms with Gasteiger partial charge in [0.05, 0.1) is 0 Å². The Bertz CT molecular complexity index is 454. The van der Waals surface area contributed by atoms with E-state index in [1.54, 1.807) is 32.9 Å². The fourth-order valence-electron chi connectivity index (χ4n) is 1.21. The van der Waals surface area contributed by atoms with Crippen molar-refractivity contribution in [3.05, 3.63) is 24.3 Å². The summed E-state index contributed by atoms with van der Waals surface area (Å²) in [5.41, 5.74) is -0.108. The fourth-order valence-corrected chi connectivity index (χ4v) is 1.95. The van der Waals surface area contributed by atoms with Gasteiger partial charge in [0.1, 0.15) is 28.1 Å². The zero-order valence-electron chi connectivity index (χ0n) is 10.6. The van der Waals surface area contributed by atoms with Gasteiger partial charge in [-0.05, 0) is 32.9 Å². The molecule has 0 spiro atoms. The molecule has 0 bridgehead atoms. The number of phenols is 1. The third-order valence-corrected chi connectivity index (χ3v) is 2.71. The summed E-state index contributed by atoms with van der Waals surface area (Å²) in [5, 5.41) is 9.23. The number of benzene rings is 1. The number of esters is 1. The number of nitrogens with one attached hydrogen (secondary N) is 1. The number of anilines is 1. The van der Waals surface area contributed by atoms with E-state index in [0.29, 0.717) is 5.69 Å². The molecule has 2 N–H and O–H groups in total. The number of hydrogen-bond donors (Lipinski definition) is 2. The minimum absolute atomic E-state index is 0.0641. The van der Waals surface area contributed by atoms with Crippen LogP contribution in [0.25, 0.3) is 0 Å². The molecule has 100 valence electrons. The van der Waals surface area contributed by atoms with E-state index in [2.05, 4.69) is 4.72 Å². The molecule has 1 rings (SSSR count). The van der Waals surface area contributed by atoms with Crippen LogP contribution in [0.3, 0.4) is 0 Å². The van der Waals surface area contributed by atoms with E-state index in [1.807, 2.05) is 0 Å². The highest BCUT2D eigenvalue weighted by Crippen LogP contribution is 2.16. The lowest BCUT2D eigenvalue weighted by molar-refractivity contribution is -0.151.